The van der Waals surface area contributed by atoms with Gasteiger partial charge in [-0.1, -0.05) is 0 Å². The molecule has 3 atom stereocenters. The molecule has 96 valence electrons. The van der Waals surface area contributed by atoms with Crippen LogP contribution in [0, 0.1) is 5.92 Å². The lowest BCUT2D eigenvalue weighted by Crippen LogP contribution is -2.66. The highest BCUT2D eigenvalue weighted by Crippen LogP contribution is 2.43. The van der Waals surface area contributed by atoms with Gasteiger partial charge in [0.15, 0.2) is 0 Å². The lowest BCUT2D eigenvalue weighted by Gasteiger charge is -2.51. The summed E-state index contributed by atoms with van der Waals surface area (Å²) < 4.78 is 10.3. The van der Waals surface area contributed by atoms with Crippen LogP contribution in [0.25, 0.3) is 0 Å². The first-order chi connectivity index (χ1) is 7.50. The predicted octanol–water partition coefficient (Wildman–Crippen LogP) is -1.54. The molecule has 0 radical (unpaired) electrons. The highest BCUT2D eigenvalue weighted by Gasteiger charge is 2.58. The summed E-state index contributed by atoms with van der Waals surface area (Å²) in [6.45, 7) is -0.963. The van der Waals surface area contributed by atoms with Gasteiger partial charge in [0.25, 0.3) is 0 Å². The molecular weight excluding hydrogens is 216 g/mol. The Morgan fingerprint density at radius 3 is 2.19 bits per heavy atom. The number of aliphatic hydroxyl groups is 4. The lowest BCUT2D eigenvalue weighted by molar-refractivity contribution is -0.340. The minimum Gasteiger partial charge on any atom is -0.396 e. The van der Waals surface area contributed by atoms with Gasteiger partial charge in [-0.2, -0.15) is 0 Å². The molecule has 0 saturated heterocycles. The first-order valence-electron chi connectivity index (χ1n) is 5.23. The van der Waals surface area contributed by atoms with E-state index in [-0.39, 0.29) is 12.8 Å². The SMILES string of the molecule is COC1(OC)[C@H](O)CC[C@](O)(CO)[C@H]1CO. The van der Waals surface area contributed by atoms with Gasteiger partial charge in [0.05, 0.1) is 24.7 Å². The Hall–Kier alpha value is -0.240. The van der Waals surface area contributed by atoms with E-state index in [2.05, 4.69) is 0 Å². The largest absolute Gasteiger partial charge is 0.396 e. The normalized spacial score (nSPS) is 38.6. The fourth-order valence-corrected chi connectivity index (χ4v) is 2.50. The van der Waals surface area contributed by atoms with Gasteiger partial charge in [-0.3, -0.25) is 0 Å². The van der Waals surface area contributed by atoms with Crippen LogP contribution in [0.4, 0.5) is 0 Å². The van der Waals surface area contributed by atoms with E-state index in [9.17, 15) is 20.4 Å². The summed E-state index contributed by atoms with van der Waals surface area (Å²) in [6.07, 6.45) is -0.536. The van der Waals surface area contributed by atoms with Crippen molar-refractivity contribution in [2.75, 3.05) is 27.4 Å². The molecule has 0 aliphatic heterocycles. The molecule has 0 heterocycles. The van der Waals surface area contributed by atoms with Gasteiger partial charge in [-0.15, -0.1) is 0 Å². The summed E-state index contributed by atoms with van der Waals surface area (Å²) in [5, 5.41) is 38.6. The number of rotatable bonds is 4. The molecule has 1 rings (SSSR count). The summed E-state index contributed by atoms with van der Waals surface area (Å²) in [5.41, 5.74) is -1.50. The van der Waals surface area contributed by atoms with Crippen LogP contribution < -0.4 is 0 Å². The standard InChI is InChI=1S/C10H20O6/c1-15-10(16-2)7(5-11)9(14,6-12)4-3-8(10)13/h7-8,11-14H,3-6H2,1-2H3/t7-,8-,9+/m1/s1. The van der Waals surface area contributed by atoms with E-state index in [0.29, 0.717) is 0 Å². The summed E-state index contributed by atoms with van der Waals surface area (Å²) in [4.78, 5) is 0. The minimum atomic E-state index is -1.50. The van der Waals surface area contributed by atoms with Crippen molar-refractivity contribution in [2.24, 2.45) is 5.92 Å². The lowest BCUT2D eigenvalue weighted by atomic mass is 9.70. The topological polar surface area (TPSA) is 99.4 Å². The van der Waals surface area contributed by atoms with Crippen molar-refractivity contribution in [3.05, 3.63) is 0 Å². The molecule has 0 spiro atoms. The van der Waals surface area contributed by atoms with Crippen molar-refractivity contribution in [3.63, 3.8) is 0 Å². The van der Waals surface area contributed by atoms with Crippen molar-refractivity contribution in [3.8, 4) is 0 Å². The molecule has 0 bridgehead atoms. The monoisotopic (exact) mass is 236 g/mol. The number of aliphatic hydroxyl groups excluding tert-OH is 3. The zero-order valence-corrected chi connectivity index (χ0v) is 9.59. The Kier molecular flexibility index (Phi) is 4.28. The number of hydrogen-bond donors (Lipinski definition) is 4. The third-order valence-corrected chi connectivity index (χ3v) is 3.54. The van der Waals surface area contributed by atoms with Gasteiger partial charge in [0.1, 0.15) is 6.10 Å². The molecule has 4 N–H and O–H groups in total. The first kappa shape index (κ1) is 13.8. The van der Waals surface area contributed by atoms with Crippen molar-refractivity contribution >= 4 is 0 Å². The molecule has 1 fully saturated rings. The number of methoxy groups -OCH3 is 2. The fourth-order valence-electron chi connectivity index (χ4n) is 2.50. The molecule has 6 nitrogen and oxygen atoms in total. The van der Waals surface area contributed by atoms with Crippen molar-refractivity contribution in [1.82, 2.24) is 0 Å². The van der Waals surface area contributed by atoms with Crippen molar-refractivity contribution in [2.45, 2.75) is 30.3 Å². The van der Waals surface area contributed by atoms with Crippen LogP contribution in [0.5, 0.6) is 0 Å². The zero-order chi connectivity index (χ0) is 12.4. The van der Waals surface area contributed by atoms with Gasteiger partial charge in [0, 0.05) is 14.2 Å². The summed E-state index contributed by atoms with van der Waals surface area (Å²) >= 11 is 0. The van der Waals surface area contributed by atoms with E-state index in [1.807, 2.05) is 0 Å². The molecule has 0 amide bonds. The van der Waals surface area contributed by atoms with Crippen LogP contribution in [-0.2, 0) is 9.47 Å². The van der Waals surface area contributed by atoms with Crippen LogP contribution >= 0.6 is 0 Å². The van der Waals surface area contributed by atoms with Crippen molar-refractivity contribution < 1.29 is 29.9 Å². The zero-order valence-electron chi connectivity index (χ0n) is 9.59. The molecule has 1 aliphatic rings. The minimum absolute atomic E-state index is 0.185. The van der Waals surface area contributed by atoms with E-state index in [1.165, 1.54) is 14.2 Å². The highest BCUT2D eigenvalue weighted by atomic mass is 16.7. The van der Waals surface area contributed by atoms with Gasteiger partial charge < -0.3 is 29.9 Å². The number of hydrogen-bond acceptors (Lipinski definition) is 6. The van der Waals surface area contributed by atoms with Crippen LogP contribution in [0.1, 0.15) is 12.8 Å². The molecule has 0 unspecified atom stereocenters. The molecule has 0 aromatic carbocycles. The van der Waals surface area contributed by atoms with E-state index in [1.54, 1.807) is 0 Å². The van der Waals surface area contributed by atoms with Gasteiger partial charge in [-0.05, 0) is 12.8 Å². The summed E-state index contributed by atoms with van der Waals surface area (Å²) in [7, 11) is 2.66. The second-order valence-corrected chi connectivity index (χ2v) is 4.18. The predicted molar refractivity (Wildman–Crippen MR) is 54.6 cm³/mol. The fraction of sp³-hybridized carbons (Fsp3) is 1.00. The average Bonchev–Trinajstić information content (AvgIpc) is 2.32. The maximum Gasteiger partial charge on any atom is 0.201 e. The molecule has 1 saturated carbocycles. The second kappa shape index (κ2) is 4.95. The van der Waals surface area contributed by atoms with Crippen LogP contribution in [0.3, 0.4) is 0 Å². The van der Waals surface area contributed by atoms with E-state index < -0.39 is 36.6 Å². The van der Waals surface area contributed by atoms with E-state index >= 15 is 0 Å². The van der Waals surface area contributed by atoms with E-state index in [4.69, 9.17) is 9.47 Å². The Labute approximate surface area is 94.4 Å². The molecule has 1 aliphatic carbocycles. The maximum absolute atomic E-state index is 10.2. The molecule has 6 heteroatoms. The van der Waals surface area contributed by atoms with Gasteiger partial charge >= 0.3 is 0 Å². The van der Waals surface area contributed by atoms with E-state index in [0.717, 1.165) is 0 Å². The first-order valence-corrected chi connectivity index (χ1v) is 5.23. The average molecular weight is 236 g/mol. The van der Waals surface area contributed by atoms with Crippen molar-refractivity contribution in [1.29, 1.82) is 0 Å². The highest BCUT2D eigenvalue weighted by molar-refractivity contribution is 5.03. The van der Waals surface area contributed by atoms with Gasteiger partial charge in [-0.25, -0.2) is 0 Å². The van der Waals surface area contributed by atoms with Crippen LogP contribution in [0.15, 0.2) is 0 Å². The van der Waals surface area contributed by atoms with Crippen LogP contribution in [0.2, 0.25) is 0 Å². The Balaban J connectivity index is 3.10. The Bertz CT molecular complexity index is 229. The van der Waals surface area contributed by atoms with Gasteiger partial charge in [0.2, 0.25) is 5.79 Å². The molecular formula is C10H20O6. The molecule has 0 aromatic heterocycles. The third kappa shape index (κ3) is 1.85. The van der Waals surface area contributed by atoms with Crippen LogP contribution in [-0.4, -0.2) is 65.4 Å². The Morgan fingerprint density at radius 1 is 1.25 bits per heavy atom. The number of ether oxygens (including phenoxy) is 2. The quantitative estimate of drug-likeness (QED) is 0.442. The summed E-state index contributed by atoms with van der Waals surface area (Å²) in [6, 6.07) is 0. The molecule has 0 aromatic rings. The summed E-state index contributed by atoms with van der Waals surface area (Å²) in [5.74, 6) is -2.38. The smallest absolute Gasteiger partial charge is 0.201 e. The Morgan fingerprint density at radius 2 is 1.81 bits per heavy atom. The second-order valence-electron chi connectivity index (χ2n) is 4.18. The molecule has 16 heavy (non-hydrogen) atoms. The maximum atomic E-state index is 10.2. The third-order valence-electron chi connectivity index (χ3n) is 3.54.